The Bertz CT molecular complexity index is 2980. The smallest absolute Gasteiger partial charge is 0.243 e. The number of benzene rings is 2. The van der Waals surface area contributed by atoms with Crippen molar-refractivity contribution in [2.75, 3.05) is 53.2 Å². The van der Waals surface area contributed by atoms with E-state index in [1.807, 2.05) is 87.9 Å². The van der Waals surface area contributed by atoms with Crippen molar-refractivity contribution in [3.8, 4) is 33.3 Å². The molecular weight excluding hydrogens is 983 g/mol. The molecule has 4 aromatic heterocycles. The molecule has 6 aromatic rings. The number of anilines is 4. The summed E-state index contributed by atoms with van der Waals surface area (Å²) >= 11 is 1.60. The topological polar surface area (TPSA) is 222 Å². The summed E-state index contributed by atoms with van der Waals surface area (Å²) in [5.74, 6) is 0.959. The van der Waals surface area contributed by atoms with Gasteiger partial charge in [0.2, 0.25) is 17.7 Å². The van der Waals surface area contributed by atoms with Gasteiger partial charge in [-0.2, -0.15) is 0 Å². The van der Waals surface area contributed by atoms with Crippen LogP contribution in [0.2, 0.25) is 0 Å². The van der Waals surface area contributed by atoms with Gasteiger partial charge in [-0.25, -0.2) is 9.97 Å². The fraction of sp³-hybridized carbons (Fsp3) is 0.491. The van der Waals surface area contributed by atoms with E-state index in [1.165, 1.54) is 4.90 Å². The van der Waals surface area contributed by atoms with Crippen LogP contribution in [0.25, 0.3) is 21.7 Å². The van der Waals surface area contributed by atoms with Gasteiger partial charge in [-0.05, 0) is 107 Å². The molecule has 2 bridgehead atoms. The molecule has 18 nitrogen and oxygen atoms in total. The van der Waals surface area contributed by atoms with E-state index >= 15 is 0 Å². The summed E-state index contributed by atoms with van der Waals surface area (Å²) in [5, 5.41) is 37.4. The number of likely N-dealkylation sites (tertiary alicyclic amines) is 1. The summed E-state index contributed by atoms with van der Waals surface area (Å²) in [6.07, 6.45) is 9.04. The Morgan fingerprint density at radius 1 is 0.842 bits per heavy atom. The number of rotatable bonds is 15. The fourth-order valence-electron chi connectivity index (χ4n) is 12.3. The number of hydrogen-bond acceptors (Lipinski definition) is 17. The van der Waals surface area contributed by atoms with Gasteiger partial charge in [-0.1, -0.05) is 55.4 Å². The lowest BCUT2D eigenvalue weighted by molar-refractivity contribution is -0.141. The number of aliphatic hydroxyl groups excluding tert-OH is 1. The molecule has 5 aliphatic rings. The Morgan fingerprint density at radius 2 is 1.57 bits per heavy atom. The molecule has 1 saturated carbocycles. The Balaban J connectivity index is 0.638. The minimum atomic E-state index is -0.814. The predicted molar refractivity (Wildman–Crippen MR) is 291 cm³/mol. The van der Waals surface area contributed by atoms with Gasteiger partial charge in [0.15, 0.2) is 17.4 Å². The number of β-amino-alcohol motifs (C(OH)–C–C–N with tert-alkyl or cyclic N) is 1. The Morgan fingerprint density at radius 3 is 2.28 bits per heavy atom. The van der Waals surface area contributed by atoms with E-state index in [4.69, 9.17) is 19.7 Å². The monoisotopic (exact) mass is 1050 g/mol. The number of hydrogen-bond donors (Lipinski definition) is 4. The number of aryl methyl sites for hydroxylation is 1. The van der Waals surface area contributed by atoms with Gasteiger partial charge in [0.05, 0.1) is 51.8 Å². The highest BCUT2D eigenvalue weighted by molar-refractivity contribution is 7.13. The number of phenolic OH excluding ortho intramolecular Hbond substituents is 1. The number of fused-ring (bicyclic) bond motifs is 2. The molecule has 4 aliphatic heterocycles. The van der Waals surface area contributed by atoms with Gasteiger partial charge in [-0.15, -0.1) is 21.5 Å². The number of phenols is 1. The zero-order valence-corrected chi connectivity index (χ0v) is 44.5. The number of piperidine rings is 1. The van der Waals surface area contributed by atoms with E-state index in [2.05, 4.69) is 57.5 Å². The summed E-state index contributed by atoms with van der Waals surface area (Å²) < 4.78 is 19.2. The van der Waals surface area contributed by atoms with Gasteiger partial charge in [-0.3, -0.25) is 9.59 Å². The first-order valence-corrected chi connectivity index (χ1v) is 27.9. The second-order valence-corrected chi connectivity index (χ2v) is 22.6. The van der Waals surface area contributed by atoms with E-state index < -0.39 is 18.1 Å². The van der Waals surface area contributed by atoms with Crippen LogP contribution in [0.3, 0.4) is 0 Å². The summed E-state index contributed by atoms with van der Waals surface area (Å²) in [6, 6.07) is 22.7. The second-order valence-electron chi connectivity index (χ2n) is 21.7. The van der Waals surface area contributed by atoms with Crippen molar-refractivity contribution in [1.82, 2.24) is 35.5 Å². The summed E-state index contributed by atoms with van der Waals surface area (Å²) in [5.41, 5.74) is 14.4. The zero-order chi connectivity index (χ0) is 52.6. The lowest BCUT2D eigenvalue weighted by Crippen LogP contribution is -2.54. The zero-order valence-electron chi connectivity index (χ0n) is 43.7. The molecule has 5 N–H and O–H groups in total. The van der Waals surface area contributed by atoms with Crippen molar-refractivity contribution >= 4 is 46.2 Å². The van der Waals surface area contributed by atoms with Gasteiger partial charge < -0.3 is 54.9 Å². The first-order valence-electron chi connectivity index (χ1n) is 27.1. The molecule has 6 atom stereocenters. The van der Waals surface area contributed by atoms with Crippen LogP contribution in [0.5, 0.6) is 11.6 Å². The molecule has 2 aromatic carbocycles. The van der Waals surface area contributed by atoms with Gasteiger partial charge in [0.25, 0.3) is 0 Å². The minimum Gasteiger partial charge on any atom is -0.507 e. The number of aromatic nitrogens is 5. The molecule has 1 aliphatic carbocycles. The van der Waals surface area contributed by atoms with Crippen molar-refractivity contribution in [1.29, 1.82) is 0 Å². The van der Waals surface area contributed by atoms with Gasteiger partial charge in [0, 0.05) is 80.8 Å². The van der Waals surface area contributed by atoms with Crippen LogP contribution in [0.4, 0.5) is 23.0 Å². The highest BCUT2D eigenvalue weighted by atomic mass is 32.1. The number of piperazine rings is 1. The first-order chi connectivity index (χ1) is 36.8. The molecule has 0 spiro atoms. The molecule has 0 radical (unpaired) electrons. The summed E-state index contributed by atoms with van der Waals surface area (Å²) in [4.78, 5) is 46.9. The third kappa shape index (κ3) is 10.8. The second kappa shape index (κ2) is 22.0. The molecule has 8 heterocycles. The number of amides is 2. The number of carbonyl (C=O) groups excluding carboxylic acids is 2. The molecular formula is C57H69N11O7S. The minimum absolute atomic E-state index is 0.0667. The normalized spacial score (nSPS) is 23.8. The number of aliphatic hydroxyl groups is 1. The van der Waals surface area contributed by atoms with Crippen LogP contribution in [-0.4, -0.2) is 128 Å². The molecule has 11 rings (SSSR count). The van der Waals surface area contributed by atoms with Crippen LogP contribution < -0.4 is 30.5 Å². The van der Waals surface area contributed by atoms with Crippen molar-refractivity contribution in [2.45, 2.75) is 140 Å². The SMILES string of the molecule is Cc1ncsc1-c1ccc([C@H](C)NC(=O)[C@@H]2C[C@@H](O)CN2C(=O)[C@H](c2cc(N3CCC(OC4CCC(Oc5cc(N6C7CCC6CN(c6cc(-c8ccccc8O)nnc6N)C7)ccn5)CC4)CC3)no2)C(C)C)cc1. The maximum absolute atomic E-state index is 14.4. The van der Waals surface area contributed by atoms with E-state index in [0.29, 0.717) is 34.5 Å². The summed E-state index contributed by atoms with van der Waals surface area (Å²) in [6.45, 7) is 11.0. The van der Waals surface area contributed by atoms with Crippen LogP contribution >= 0.6 is 11.3 Å². The first kappa shape index (κ1) is 51.3. The van der Waals surface area contributed by atoms with Crippen molar-refractivity contribution in [2.24, 2.45) is 5.92 Å². The number of thiazole rings is 1. The maximum atomic E-state index is 14.4. The van der Waals surface area contributed by atoms with Crippen LogP contribution in [0.15, 0.2) is 89.0 Å². The molecule has 4 saturated heterocycles. The fourth-order valence-corrected chi connectivity index (χ4v) is 13.1. The van der Waals surface area contributed by atoms with Gasteiger partial charge >= 0.3 is 0 Å². The number of nitrogens with one attached hydrogen (secondary N) is 1. The Labute approximate surface area is 447 Å². The number of pyridine rings is 1. The highest BCUT2D eigenvalue weighted by Gasteiger charge is 2.44. The Hall–Kier alpha value is -6.83. The van der Waals surface area contributed by atoms with Crippen molar-refractivity contribution in [3.63, 3.8) is 0 Å². The van der Waals surface area contributed by atoms with E-state index in [9.17, 15) is 19.8 Å². The third-order valence-electron chi connectivity index (χ3n) is 16.3. The van der Waals surface area contributed by atoms with E-state index in [-0.39, 0.29) is 72.9 Å². The standard InChI is InChI=1S/C57H69N11O7S/c1-33(2)53(57(72)67-31-41(69)26-48(67)56(71)61-34(3)36-9-11-37(12-10-36)54-35(4)60-32-76-54)50-28-51(64-75-50)65-23-20-44(21-24-65)73-42-15-17-43(18-16-42)74-52-25-38(19-22-59-52)68-39-13-14-40(68)30-66(29-39)47-27-46(62-63-55(47)58)45-7-5-6-8-49(45)70/h5-12,19,22,25,27-28,32-34,39-44,48,53,69-70H,13-18,20-21,23-24,26,29-31H2,1-4H3,(H2,58,63)(H,61,71)/t34-,39?,40?,41+,42?,43?,48-,53-/m0/s1. The number of carbonyl (C=O) groups is 2. The molecule has 19 heteroatoms. The van der Waals surface area contributed by atoms with Crippen LogP contribution in [0, 0.1) is 12.8 Å². The number of ether oxygens (including phenoxy) is 2. The Kier molecular flexibility index (Phi) is 14.9. The van der Waals surface area contributed by atoms with Gasteiger partial charge in [0.1, 0.15) is 23.8 Å². The van der Waals surface area contributed by atoms with Crippen molar-refractivity contribution in [3.05, 3.63) is 102 Å². The average Bonchev–Trinajstić information content (AvgIpc) is 4.25. The predicted octanol–water partition coefficient (Wildman–Crippen LogP) is 8.06. The largest absolute Gasteiger partial charge is 0.507 e. The van der Waals surface area contributed by atoms with Crippen LogP contribution in [-0.2, 0) is 14.3 Å². The lowest BCUT2D eigenvalue weighted by atomic mass is 9.91. The maximum Gasteiger partial charge on any atom is 0.243 e. The molecule has 2 unspecified atom stereocenters. The molecule has 2 amide bonds. The molecule has 5 fully saturated rings. The van der Waals surface area contributed by atoms with Crippen molar-refractivity contribution < 1.29 is 33.8 Å². The third-order valence-corrected chi connectivity index (χ3v) is 17.3. The summed E-state index contributed by atoms with van der Waals surface area (Å²) in [7, 11) is 0. The lowest BCUT2D eigenvalue weighted by Gasteiger charge is -2.43. The number of nitrogens with zero attached hydrogens (tertiary/aromatic N) is 9. The highest BCUT2D eigenvalue weighted by Crippen LogP contribution is 2.41. The average molecular weight is 1050 g/mol. The number of para-hydroxylation sites is 1. The van der Waals surface area contributed by atoms with Crippen LogP contribution in [0.1, 0.15) is 108 Å². The molecule has 76 heavy (non-hydrogen) atoms. The number of aromatic hydroxyl groups is 1. The number of nitrogen functional groups attached to an aromatic ring is 1. The van der Waals surface area contributed by atoms with E-state index in [0.717, 1.165) is 111 Å². The number of nitrogens with two attached hydrogens (primary N) is 1. The molecule has 400 valence electrons. The van der Waals surface area contributed by atoms with E-state index in [1.54, 1.807) is 23.5 Å². The quantitative estimate of drug-likeness (QED) is 0.0764.